The summed E-state index contributed by atoms with van der Waals surface area (Å²) in [5, 5.41) is 0.612. The van der Waals surface area contributed by atoms with Crippen LogP contribution in [0.5, 0.6) is 11.5 Å². The van der Waals surface area contributed by atoms with E-state index >= 15 is 0 Å². The second-order valence-electron chi connectivity index (χ2n) is 7.43. The van der Waals surface area contributed by atoms with E-state index in [4.69, 9.17) is 33.3 Å². The van der Waals surface area contributed by atoms with Crippen molar-refractivity contribution in [2.24, 2.45) is 0 Å². The first kappa shape index (κ1) is 23.4. The topological polar surface area (TPSA) is 38.8 Å². The molecule has 3 aromatic carbocycles. The van der Waals surface area contributed by atoms with E-state index in [1.807, 2.05) is 61.5 Å². The zero-order chi connectivity index (χ0) is 23.2. The molecule has 0 N–H and O–H groups in total. The first-order valence-corrected chi connectivity index (χ1v) is 12.1. The molecular formula is C26H22ClNO3S2. The first-order chi connectivity index (χ1) is 16.0. The molecule has 4 nitrogen and oxygen atoms in total. The number of thiocarbonyl (C=S) groups is 1. The molecule has 0 unspecified atom stereocenters. The molecule has 1 amide bonds. The lowest BCUT2D eigenvalue weighted by Gasteiger charge is -2.14. The van der Waals surface area contributed by atoms with Crippen molar-refractivity contribution < 1.29 is 14.3 Å². The highest BCUT2D eigenvalue weighted by molar-refractivity contribution is 8.27. The second kappa shape index (κ2) is 10.9. The molecular weight excluding hydrogens is 474 g/mol. The van der Waals surface area contributed by atoms with Gasteiger partial charge in [-0.05, 0) is 72.7 Å². The Labute approximate surface area is 208 Å². The van der Waals surface area contributed by atoms with Crippen molar-refractivity contribution in [3.63, 3.8) is 0 Å². The highest BCUT2D eigenvalue weighted by Gasteiger charge is 2.33. The van der Waals surface area contributed by atoms with Crippen LogP contribution in [-0.4, -0.2) is 23.4 Å². The predicted molar refractivity (Wildman–Crippen MR) is 140 cm³/mol. The molecule has 168 valence electrons. The van der Waals surface area contributed by atoms with E-state index in [1.54, 1.807) is 24.3 Å². The highest BCUT2D eigenvalue weighted by Crippen LogP contribution is 2.36. The number of nitrogens with zero attached hydrogens (tertiary/aromatic N) is 1. The summed E-state index contributed by atoms with van der Waals surface area (Å²) >= 11 is 12.7. The molecule has 1 fully saturated rings. The minimum atomic E-state index is -0.138. The third kappa shape index (κ3) is 6.16. The molecule has 1 aliphatic heterocycles. The highest BCUT2D eigenvalue weighted by atomic mass is 35.5. The molecule has 7 heteroatoms. The van der Waals surface area contributed by atoms with Crippen LogP contribution in [0.25, 0.3) is 6.08 Å². The number of rotatable bonds is 8. The van der Waals surface area contributed by atoms with Crippen LogP contribution in [0.15, 0.2) is 77.7 Å². The van der Waals surface area contributed by atoms with Crippen LogP contribution in [-0.2, 0) is 4.79 Å². The Bertz CT molecular complexity index is 1180. The molecule has 0 aliphatic carbocycles. The summed E-state index contributed by atoms with van der Waals surface area (Å²) in [4.78, 5) is 15.0. The number of hydrogen-bond donors (Lipinski definition) is 0. The van der Waals surface area contributed by atoms with Crippen LogP contribution in [0.2, 0.25) is 5.02 Å². The van der Waals surface area contributed by atoms with Gasteiger partial charge in [-0.2, -0.15) is 0 Å². The average Bonchev–Trinajstić information content (AvgIpc) is 3.08. The van der Waals surface area contributed by atoms with E-state index in [9.17, 15) is 4.79 Å². The van der Waals surface area contributed by atoms with Gasteiger partial charge >= 0.3 is 0 Å². The monoisotopic (exact) mass is 495 g/mol. The molecule has 1 aliphatic rings. The number of aryl methyl sites for hydroxylation is 1. The summed E-state index contributed by atoms with van der Waals surface area (Å²) in [5.74, 6) is 1.51. The van der Waals surface area contributed by atoms with Gasteiger partial charge in [0.15, 0.2) is 4.32 Å². The fourth-order valence-corrected chi connectivity index (χ4v) is 4.66. The van der Waals surface area contributed by atoms with Gasteiger partial charge in [-0.25, -0.2) is 0 Å². The van der Waals surface area contributed by atoms with Crippen molar-refractivity contribution in [3.05, 3.63) is 93.9 Å². The molecule has 0 radical (unpaired) electrons. The van der Waals surface area contributed by atoms with Crippen LogP contribution in [0.1, 0.15) is 17.5 Å². The van der Waals surface area contributed by atoms with E-state index in [-0.39, 0.29) is 5.91 Å². The fourth-order valence-electron chi connectivity index (χ4n) is 3.24. The summed E-state index contributed by atoms with van der Waals surface area (Å²) in [6.45, 7) is 3.20. The van der Waals surface area contributed by atoms with Gasteiger partial charge in [-0.15, -0.1) is 0 Å². The van der Waals surface area contributed by atoms with Crippen molar-refractivity contribution in [1.29, 1.82) is 0 Å². The Kier molecular flexibility index (Phi) is 7.70. The largest absolute Gasteiger partial charge is 0.493 e. The molecule has 0 spiro atoms. The maximum atomic E-state index is 12.9. The summed E-state index contributed by atoms with van der Waals surface area (Å²) in [5.41, 5.74) is 2.79. The van der Waals surface area contributed by atoms with Gasteiger partial charge in [0.1, 0.15) is 11.5 Å². The Balaban J connectivity index is 1.29. The standard InChI is InChI=1S/C26H22ClNO3S2/c1-18-4-2-5-23(16-18)31-15-3-14-30-22-12-6-19(7-13-22)17-24-25(29)28(26(32)33-24)21-10-8-20(27)9-11-21/h2,4-13,16-17H,3,14-15H2,1H3/b24-17-. The van der Waals surface area contributed by atoms with Crippen LogP contribution in [0.3, 0.4) is 0 Å². The lowest BCUT2D eigenvalue weighted by Crippen LogP contribution is -2.27. The third-order valence-electron chi connectivity index (χ3n) is 4.87. The molecule has 4 rings (SSSR count). The van der Waals surface area contributed by atoms with E-state index in [1.165, 1.54) is 22.2 Å². The van der Waals surface area contributed by atoms with Crippen LogP contribution >= 0.6 is 35.6 Å². The van der Waals surface area contributed by atoms with Gasteiger partial charge in [0, 0.05) is 11.4 Å². The van der Waals surface area contributed by atoms with E-state index in [2.05, 4.69) is 0 Å². The van der Waals surface area contributed by atoms with Gasteiger partial charge in [0.25, 0.3) is 5.91 Å². The van der Waals surface area contributed by atoms with E-state index in [0.717, 1.165) is 23.5 Å². The molecule has 0 aromatic heterocycles. The quantitative estimate of drug-likeness (QED) is 0.193. The van der Waals surface area contributed by atoms with Crippen molar-refractivity contribution in [2.75, 3.05) is 18.1 Å². The van der Waals surface area contributed by atoms with Crippen LogP contribution in [0.4, 0.5) is 5.69 Å². The Morgan fingerprint density at radius 2 is 1.67 bits per heavy atom. The minimum absolute atomic E-state index is 0.138. The van der Waals surface area contributed by atoms with Crippen molar-refractivity contribution in [2.45, 2.75) is 13.3 Å². The van der Waals surface area contributed by atoms with Gasteiger partial charge in [-0.3, -0.25) is 9.69 Å². The SMILES string of the molecule is Cc1cccc(OCCCOc2ccc(/C=C3\SC(=S)N(c4ccc(Cl)cc4)C3=O)cc2)c1. The zero-order valence-electron chi connectivity index (χ0n) is 18.0. The number of carbonyl (C=O) groups is 1. The van der Waals surface area contributed by atoms with Gasteiger partial charge in [0.2, 0.25) is 0 Å². The van der Waals surface area contributed by atoms with Crippen LogP contribution in [0, 0.1) is 6.92 Å². The molecule has 1 saturated heterocycles. The normalized spacial score (nSPS) is 14.7. The number of hydrogen-bond acceptors (Lipinski definition) is 5. The van der Waals surface area contributed by atoms with Crippen molar-refractivity contribution in [1.82, 2.24) is 0 Å². The Morgan fingerprint density at radius 1 is 0.970 bits per heavy atom. The maximum Gasteiger partial charge on any atom is 0.270 e. The van der Waals surface area contributed by atoms with Crippen molar-refractivity contribution in [3.8, 4) is 11.5 Å². The first-order valence-electron chi connectivity index (χ1n) is 10.5. The summed E-state index contributed by atoms with van der Waals surface area (Å²) in [6.07, 6.45) is 2.62. The maximum absolute atomic E-state index is 12.9. The lowest BCUT2D eigenvalue weighted by atomic mass is 10.2. The molecule has 0 saturated carbocycles. The number of benzene rings is 3. The van der Waals surface area contributed by atoms with Gasteiger partial charge in [-0.1, -0.05) is 59.8 Å². The molecule has 0 atom stereocenters. The minimum Gasteiger partial charge on any atom is -0.493 e. The average molecular weight is 496 g/mol. The number of halogens is 1. The zero-order valence-corrected chi connectivity index (χ0v) is 20.4. The number of ether oxygens (including phenoxy) is 2. The fraction of sp³-hybridized carbons (Fsp3) is 0.154. The van der Waals surface area contributed by atoms with E-state index < -0.39 is 0 Å². The van der Waals surface area contributed by atoms with Crippen LogP contribution < -0.4 is 14.4 Å². The second-order valence-corrected chi connectivity index (χ2v) is 9.54. The smallest absolute Gasteiger partial charge is 0.270 e. The molecule has 0 bridgehead atoms. The predicted octanol–water partition coefficient (Wildman–Crippen LogP) is 6.90. The Morgan fingerprint density at radius 3 is 2.36 bits per heavy atom. The third-order valence-corrected chi connectivity index (χ3v) is 6.43. The molecule has 1 heterocycles. The van der Waals surface area contributed by atoms with Gasteiger partial charge < -0.3 is 9.47 Å². The number of anilines is 1. The number of carbonyl (C=O) groups excluding carboxylic acids is 1. The lowest BCUT2D eigenvalue weighted by molar-refractivity contribution is -0.113. The summed E-state index contributed by atoms with van der Waals surface area (Å²) < 4.78 is 12.0. The van der Waals surface area contributed by atoms with Gasteiger partial charge in [0.05, 0.1) is 23.8 Å². The van der Waals surface area contributed by atoms with Crippen molar-refractivity contribution >= 4 is 57.6 Å². The summed E-state index contributed by atoms with van der Waals surface area (Å²) in [6, 6.07) is 22.7. The van der Waals surface area contributed by atoms with E-state index in [0.29, 0.717) is 33.1 Å². The summed E-state index contributed by atoms with van der Waals surface area (Å²) in [7, 11) is 0. The Hall–Kier alpha value is -2.80. The molecule has 3 aromatic rings. The number of amides is 1. The molecule has 33 heavy (non-hydrogen) atoms. The number of thioether (sulfide) groups is 1.